The van der Waals surface area contributed by atoms with Crippen LogP contribution in [0.1, 0.15) is 32.6 Å². The van der Waals surface area contributed by atoms with Gasteiger partial charge in [-0.15, -0.1) is 11.8 Å². The van der Waals surface area contributed by atoms with Crippen LogP contribution in [0.5, 0.6) is 0 Å². The molecular formula is C24H36N3O8S4+. The molecule has 0 aliphatic carbocycles. The molecule has 0 saturated carbocycles. The molecule has 2 aliphatic rings. The minimum Gasteiger partial charge on any atom is -0.405 e. The molecule has 1 saturated heterocycles. The van der Waals surface area contributed by atoms with Gasteiger partial charge in [0.05, 0.1) is 22.3 Å². The molecule has 0 radical (unpaired) electrons. The molecule has 218 valence electrons. The van der Waals surface area contributed by atoms with Gasteiger partial charge in [0, 0.05) is 37.9 Å². The molecule has 39 heavy (non-hydrogen) atoms. The fraction of sp³-hybridized carbons (Fsp3) is 0.583. The minimum absolute atomic E-state index is 0.232. The SMILES string of the molecule is CCn1c(=CC=CC2=[N+](CCCCS(=O)(=O)O)CCS2)oc(=O)c1=CC=C1SCCN1CCCCS(=O)(=O)O. The van der Waals surface area contributed by atoms with E-state index in [0.29, 0.717) is 56.2 Å². The van der Waals surface area contributed by atoms with Crippen molar-refractivity contribution >= 4 is 61.0 Å². The summed E-state index contributed by atoms with van der Waals surface area (Å²) in [6.45, 7) is 5.54. The van der Waals surface area contributed by atoms with Crippen molar-refractivity contribution in [3.63, 3.8) is 0 Å². The Morgan fingerprint density at radius 2 is 1.69 bits per heavy atom. The highest BCUT2D eigenvalue weighted by Gasteiger charge is 2.20. The second-order valence-electron chi connectivity index (χ2n) is 9.05. The van der Waals surface area contributed by atoms with Gasteiger partial charge < -0.3 is 13.9 Å². The van der Waals surface area contributed by atoms with Crippen LogP contribution in [0.3, 0.4) is 0 Å². The van der Waals surface area contributed by atoms with Crippen LogP contribution in [-0.4, -0.2) is 94.2 Å². The minimum atomic E-state index is -3.94. The van der Waals surface area contributed by atoms with E-state index in [-0.39, 0.29) is 11.5 Å². The van der Waals surface area contributed by atoms with E-state index in [0.717, 1.165) is 34.7 Å². The lowest BCUT2D eigenvalue weighted by atomic mass is 10.3. The average molecular weight is 623 g/mol. The molecule has 2 N–H and O–H groups in total. The number of hydrogen-bond acceptors (Lipinski definition) is 9. The standard InChI is InChI=1S/C24H35N3O8S4/c1-2-27-20(10-11-23-26(15-17-37-23)13-4-6-19-39(32,33)34)24(28)35-21(27)8-7-9-22-25(14-16-36-22)12-3-5-18-38(29,30)31/h7-11H,2-6,12-19H2,1H3,(H-,29,30,31,32,33,34)/p+1. The van der Waals surface area contributed by atoms with Gasteiger partial charge in [-0.05, 0) is 50.5 Å². The Hall–Kier alpha value is -1.78. The fourth-order valence-electron chi connectivity index (χ4n) is 4.25. The van der Waals surface area contributed by atoms with Gasteiger partial charge in [0.1, 0.15) is 11.9 Å². The molecule has 0 aromatic carbocycles. The van der Waals surface area contributed by atoms with Gasteiger partial charge in [-0.1, -0.05) is 11.8 Å². The zero-order valence-corrected chi connectivity index (χ0v) is 25.2. The van der Waals surface area contributed by atoms with Crippen molar-refractivity contribution in [2.75, 3.05) is 49.2 Å². The second-order valence-corrected chi connectivity index (χ2v) is 14.4. The van der Waals surface area contributed by atoms with Gasteiger partial charge in [0.15, 0.2) is 6.54 Å². The van der Waals surface area contributed by atoms with Gasteiger partial charge in [-0.3, -0.25) is 9.11 Å². The van der Waals surface area contributed by atoms with Gasteiger partial charge in [-0.25, -0.2) is 9.37 Å². The monoisotopic (exact) mass is 622 g/mol. The van der Waals surface area contributed by atoms with E-state index < -0.39 is 25.9 Å². The highest BCUT2D eigenvalue weighted by atomic mass is 32.2. The number of oxazole rings is 1. The molecular weight excluding hydrogens is 587 g/mol. The summed E-state index contributed by atoms with van der Waals surface area (Å²) >= 11 is 3.37. The zero-order chi connectivity index (χ0) is 28.5. The number of thioether (sulfide) groups is 2. The third-order valence-corrected chi connectivity index (χ3v) is 9.91. The molecule has 0 spiro atoms. The van der Waals surface area contributed by atoms with Crippen LogP contribution in [0.2, 0.25) is 0 Å². The van der Waals surface area contributed by atoms with Crippen LogP contribution in [0.25, 0.3) is 12.2 Å². The first kappa shape index (κ1) is 31.7. The molecule has 3 rings (SSSR count). The first-order valence-electron chi connectivity index (χ1n) is 12.8. The third kappa shape index (κ3) is 10.6. The molecule has 0 amide bonds. The van der Waals surface area contributed by atoms with E-state index in [1.807, 2.05) is 25.2 Å². The van der Waals surface area contributed by atoms with Crippen molar-refractivity contribution in [2.45, 2.75) is 39.2 Å². The smallest absolute Gasteiger partial charge is 0.361 e. The number of unbranched alkanes of at least 4 members (excludes halogenated alkanes) is 2. The maximum atomic E-state index is 12.6. The summed E-state index contributed by atoms with van der Waals surface area (Å²) in [5, 5.41) is 2.50. The first-order valence-corrected chi connectivity index (χ1v) is 18.0. The third-order valence-electron chi connectivity index (χ3n) is 6.15. The number of nitrogens with zero attached hydrogens (tertiary/aromatic N) is 3. The van der Waals surface area contributed by atoms with E-state index in [1.54, 1.807) is 40.2 Å². The molecule has 2 aliphatic heterocycles. The van der Waals surface area contributed by atoms with Gasteiger partial charge in [0.25, 0.3) is 20.2 Å². The van der Waals surface area contributed by atoms with Crippen molar-refractivity contribution in [1.82, 2.24) is 9.47 Å². The molecule has 1 aromatic heterocycles. The Kier molecular flexibility index (Phi) is 12.0. The molecule has 15 heteroatoms. The predicted molar refractivity (Wildman–Crippen MR) is 157 cm³/mol. The van der Waals surface area contributed by atoms with E-state index in [1.165, 1.54) is 0 Å². The van der Waals surface area contributed by atoms with Gasteiger partial charge in [-0.2, -0.15) is 16.8 Å². The quantitative estimate of drug-likeness (QED) is 0.174. The summed E-state index contributed by atoms with van der Waals surface area (Å²) in [7, 11) is -7.88. The lowest BCUT2D eigenvalue weighted by Crippen LogP contribution is -2.31. The molecule has 0 bridgehead atoms. The average Bonchev–Trinajstić information content (AvgIpc) is 3.56. The first-order chi connectivity index (χ1) is 18.5. The van der Waals surface area contributed by atoms with Gasteiger partial charge in [0.2, 0.25) is 10.6 Å². The summed E-state index contributed by atoms with van der Waals surface area (Å²) in [6, 6.07) is 0. The van der Waals surface area contributed by atoms with Crippen molar-refractivity contribution in [2.24, 2.45) is 0 Å². The lowest BCUT2D eigenvalue weighted by molar-refractivity contribution is -0.517. The van der Waals surface area contributed by atoms with Gasteiger partial charge >= 0.3 is 5.63 Å². The molecule has 1 aromatic rings. The Bertz CT molecular complexity index is 1490. The van der Waals surface area contributed by atoms with Crippen molar-refractivity contribution in [3.05, 3.63) is 44.6 Å². The van der Waals surface area contributed by atoms with E-state index in [9.17, 15) is 21.6 Å². The highest BCUT2D eigenvalue weighted by molar-refractivity contribution is 8.14. The Balaban J connectivity index is 1.71. The number of aromatic nitrogens is 1. The van der Waals surface area contributed by atoms with Crippen molar-refractivity contribution < 1.29 is 34.9 Å². The molecule has 0 atom stereocenters. The Labute approximate surface area is 237 Å². The normalized spacial score (nSPS) is 19.1. The zero-order valence-electron chi connectivity index (χ0n) is 21.9. The Morgan fingerprint density at radius 1 is 0.974 bits per heavy atom. The highest BCUT2D eigenvalue weighted by Crippen LogP contribution is 2.27. The number of rotatable bonds is 14. The van der Waals surface area contributed by atoms with Crippen molar-refractivity contribution in [3.8, 4) is 0 Å². The topological polar surface area (TPSA) is 150 Å². The predicted octanol–water partition coefficient (Wildman–Crippen LogP) is 0.962. The number of allylic oxidation sites excluding steroid dienone is 2. The number of hydrogen-bond donors (Lipinski definition) is 2. The van der Waals surface area contributed by atoms with Crippen LogP contribution in [0, 0.1) is 0 Å². The largest absolute Gasteiger partial charge is 0.405 e. The lowest BCUT2D eigenvalue weighted by Gasteiger charge is -2.18. The van der Waals surface area contributed by atoms with E-state index >= 15 is 0 Å². The molecule has 1 fully saturated rings. The molecule has 11 nitrogen and oxygen atoms in total. The maximum Gasteiger partial charge on any atom is 0.361 e. The summed E-state index contributed by atoms with van der Waals surface area (Å²) in [6.07, 6.45) is 11.3. The summed E-state index contributed by atoms with van der Waals surface area (Å²) in [5.41, 5.74) is 0.00671. The van der Waals surface area contributed by atoms with E-state index in [4.69, 9.17) is 13.5 Å². The summed E-state index contributed by atoms with van der Waals surface area (Å²) < 4.78 is 70.9. The maximum absolute atomic E-state index is 12.6. The van der Waals surface area contributed by atoms with Crippen LogP contribution < -0.4 is 16.5 Å². The van der Waals surface area contributed by atoms with Crippen molar-refractivity contribution in [1.29, 1.82) is 0 Å². The Morgan fingerprint density at radius 3 is 2.38 bits per heavy atom. The van der Waals surface area contributed by atoms with Crippen LogP contribution in [-0.2, 0) is 26.8 Å². The molecule has 0 unspecified atom stereocenters. The van der Waals surface area contributed by atoms with Crippen LogP contribution in [0.15, 0.2) is 32.5 Å². The molecule has 3 heterocycles. The second kappa shape index (κ2) is 14.7. The van der Waals surface area contributed by atoms with Crippen LogP contribution >= 0.6 is 23.5 Å². The van der Waals surface area contributed by atoms with E-state index in [2.05, 4.69) is 9.48 Å². The van der Waals surface area contributed by atoms with Crippen LogP contribution in [0.4, 0.5) is 0 Å². The fourth-order valence-corrected chi connectivity index (χ4v) is 7.50. The summed E-state index contributed by atoms with van der Waals surface area (Å²) in [5.74, 6) is 1.36. The summed E-state index contributed by atoms with van der Waals surface area (Å²) in [4.78, 5) is 14.8.